The second-order valence-corrected chi connectivity index (χ2v) is 8.35. The lowest BCUT2D eigenvalue weighted by Gasteiger charge is -2.06. The Kier molecular flexibility index (Phi) is 5.43. The number of rotatable bonds is 5. The standard InChI is InChI=1S/C21H15ClN2OS2/c22-19-17-5-1-2-6-18(17)27-20(19)21(25)24-15-7-9-16(10-8-15)26-13-14-4-3-11-23-12-14/h1-12H,13H2,(H,24,25). The van der Waals surface area contributed by atoms with E-state index in [-0.39, 0.29) is 5.91 Å². The van der Waals surface area contributed by atoms with Crippen molar-refractivity contribution >= 4 is 56.4 Å². The van der Waals surface area contributed by atoms with Gasteiger partial charge < -0.3 is 5.32 Å². The lowest BCUT2D eigenvalue weighted by atomic mass is 10.2. The second kappa shape index (κ2) is 8.13. The summed E-state index contributed by atoms with van der Waals surface area (Å²) in [7, 11) is 0. The molecule has 0 atom stereocenters. The van der Waals surface area contributed by atoms with E-state index in [4.69, 9.17) is 11.6 Å². The average Bonchev–Trinajstić information content (AvgIpc) is 3.05. The van der Waals surface area contributed by atoms with Gasteiger partial charge in [0.15, 0.2) is 0 Å². The first-order chi connectivity index (χ1) is 13.2. The van der Waals surface area contributed by atoms with E-state index in [2.05, 4.69) is 16.4 Å². The van der Waals surface area contributed by atoms with E-state index in [9.17, 15) is 4.79 Å². The number of halogens is 1. The van der Waals surface area contributed by atoms with Gasteiger partial charge in [-0.1, -0.05) is 35.9 Å². The van der Waals surface area contributed by atoms with Crippen LogP contribution in [-0.4, -0.2) is 10.9 Å². The normalized spacial score (nSPS) is 10.9. The smallest absolute Gasteiger partial charge is 0.267 e. The van der Waals surface area contributed by atoms with Gasteiger partial charge in [-0.2, -0.15) is 0 Å². The number of amides is 1. The van der Waals surface area contributed by atoms with Crippen molar-refractivity contribution in [3.63, 3.8) is 0 Å². The molecule has 134 valence electrons. The molecule has 4 aromatic rings. The highest BCUT2D eigenvalue weighted by atomic mass is 35.5. The van der Waals surface area contributed by atoms with Gasteiger partial charge in [-0.15, -0.1) is 23.1 Å². The number of carbonyl (C=O) groups is 1. The quantitative estimate of drug-likeness (QED) is 0.382. The Hall–Kier alpha value is -2.34. The van der Waals surface area contributed by atoms with Crippen LogP contribution in [0, 0.1) is 0 Å². The van der Waals surface area contributed by atoms with Crippen LogP contribution in [0.3, 0.4) is 0 Å². The van der Waals surface area contributed by atoms with Crippen molar-refractivity contribution in [2.24, 2.45) is 0 Å². The number of hydrogen-bond acceptors (Lipinski definition) is 4. The van der Waals surface area contributed by atoms with Gasteiger partial charge in [0, 0.05) is 38.8 Å². The number of fused-ring (bicyclic) bond motifs is 1. The van der Waals surface area contributed by atoms with Gasteiger partial charge in [-0.3, -0.25) is 9.78 Å². The Morgan fingerprint density at radius 3 is 2.63 bits per heavy atom. The number of benzene rings is 2. The van der Waals surface area contributed by atoms with Crippen LogP contribution >= 0.6 is 34.7 Å². The van der Waals surface area contributed by atoms with Gasteiger partial charge in [0.2, 0.25) is 0 Å². The van der Waals surface area contributed by atoms with E-state index in [0.717, 1.165) is 26.4 Å². The maximum atomic E-state index is 12.6. The molecule has 0 aliphatic rings. The third-order valence-electron chi connectivity index (χ3n) is 3.98. The third kappa shape index (κ3) is 4.16. The minimum Gasteiger partial charge on any atom is -0.321 e. The number of thiophene rings is 1. The van der Waals surface area contributed by atoms with Crippen molar-refractivity contribution in [2.75, 3.05) is 5.32 Å². The number of pyridine rings is 1. The molecule has 0 bridgehead atoms. The fourth-order valence-electron chi connectivity index (χ4n) is 2.63. The van der Waals surface area contributed by atoms with Crippen LogP contribution in [0.15, 0.2) is 78.0 Å². The predicted octanol–water partition coefficient (Wildman–Crippen LogP) is 6.49. The van der Waals surface area contributed by atoms with Crippen molar-refractivity contribution < 1.29 is 4.79 Å². The summed E-state index contributed by atoms with van der Waals surface area (Å²) in [6.45, 7) is 0. The molecule has 3 nitrogen and oxygen atoms in total. The minimum atomic E-state index is -0.183. The molecule has 4 rings (SSSR count). The second-order valence-electron chi connectivity index (χ2n) is 5.87. The van der Waals surface area contributed by atoms with Crippen molar-refractivity contribution in [1.82, 2.24) is 4.98 Å². The number of hydrogen-bond donors (Lipinski definition) is 1. The highest BCUT2D eigenvalue weighted by Crippen LogP contribution is 2.35. The largest absolute Gasteiger partial charge is 0.321 e. The van der Waals surface area contributed by atoms with Crippen LogP contribution in [-0.2, 0) is 5.75 Å². The SMILES string of the molecule is O=C(Nc1ccc(SCc2cccnc2)cc1)c1sc2ccccc2c1Cl. The van der Waals surface area contributed by atoms with Gasteiger partial charge in [0.1, 0.15) is 4.88 Å². The van der Waals surface area contributed by atoms with Crippen LogP contribution < -0.4 is 5.32 Å². The van der Waals surface area contributed by atoms with Crippen molar-refractivity contribution in [2.45, 2.75) is 10.6 Å². The molecule has 2 aromatic carbocycles. The molecule has 0 spiro atoms. The maximum absolute atomic E-state index is 12.6. The van der Waals surface area contributed by atoms with Crippen molar-refractivity contribution in [3.05, 3.63) is 88.5 Å². The van der Waals surface area contributed by atoms with E-state index in [1.54, 1.807) is 18.0 Å². The third-order valence-corrected chi connectivity index (χ3v) is 6.74. The zero-order valence-corrected chi connectivity index (χ0v) is 16.6. The summed E-state index contributed by atoms with van der Waals surface area (Å²) in [5.74, 6) is 0.675. The fourth-order valence-corrected chi connectivity index (χ4v) is 4.88. The molecule has 0 fully saturated rings. The molecule has 2 heterocycles. The molecule has 0 unspecified atom stereocenters. The summed E-state index contributed by atoms with van der Waals surface area (Å²) in [6, 6.07) is 19.6. The van der Waals surface area contributed by atoms with Gasteiger partial charge in [-0.25, -0.2) is 0 Å². The maximum Gasteiger partial charge on any atom is 0.267 e. The van der Waals surface area contributed by atoms with Crippen LogP contribution in [0.1, 0.15) is 15.2 Å². The number of nitrogens with zero attached hydrogens (tertiary/aromatic N) is 1. The zero-order chi connectivity index (χ0) is 18.6. The molecule has 0 saturated carbocycles. The highest BCUT2D eigenvalue weighted by Gasteiger charge is 2.16. The van der Waals surface area contributed by atoms with E-state index >= 15 is 0 Å². The van der Waals surface area contributed by atoms with Crippen molar-refractivity contribution in [3.8, 4) is 0 Å². The van der Waals surface area contributed by atoms with Crippen LogP contribution in [0.5, 0.6) is 0 Å². The van der Waals surface area contributed by atoms with Crippen LogP contribution in [0.25, 0.3) is 10.1 Å². The molecule has 27 heavy (non-hydrogen) atoms. The molecule has 0 radical (unpaired) electrons. The number of aromatic nitrogens is 1. The number of thioether (sulfide) groups is 1. The fraction of sp³-hybridized carbons (Fsp3) is 0.0476. The van der Waals surface area contributed by atoms with E-state index < -0.39 is 0 Å². The van der Waals surface area contributed by atoms with Gasteiger partial charge in [0.05, 0.1) is 5.02 Å². The summed E-state index contributed by atoms with van der Waals surface area (Å²) in [6.07, 6.45) is 3.64. The molecule has 2 aromatic heterocycles. The monoisotopic (exact) mass is 410 g/mol. The lowest BCUT2D eigenvalue weighted by molar-refractivity contribution is 0.103. The van der Waals surface area contributed by atoms with E-state index in [1.165, 1.54) is 16.9 Å². The van der Waals surface area contributed by atoms with Crippen LogP contribution in [0.4, 0.5) is 5.69 Å². The topological polar surface area (TPSA) is 42.0 Å². The van der Waals surface area contributed by atoms with E-state index in [1.807, 2.05) is 60.8 Å². The molecule has 0 aliphatic carbocycles. The first-order valence-electron chi connectivity index (χ1n) is 8.31. The van der Waals surface area contributed by atoms with Gasteiger partial charge in [-0.05, 0) is 42.0 Å². The molecule has 0 aliphatic heterocycles. The number of anilines is 1. The van der Waals surface area contributed by atoms with Crippen molar-refractivity contribution in [1.29, 1.82) is 0 Å². The number of nitrogens with one attached hydrogen (secondary N) is 1. The molecular formula is C21H15ClN2OS2. The summed E-state index contributed by atoms with van der Waals surface area (Å²) in [5.41, 5.74) is 1.93. The summed E-state index contributed by atoms with van der Waals surface area (Å²) >= 11 is 9.52. The molecule has 1 amide bonds. The summed E-state index contributed by atoms with van der Waals surface area (Å²) in [5, 5.41) is 4.35. The highest BCUT2D eigenvalue weighted by molar-refractivity contribution is 7.98. The molecular weight excluding hydrogens is 396 g/mol. The Morgan fingerprint density at radius 2 is 1.89 bits per heavy atom. The molecule has 6 heteroatoms. The zero-order valence-electron chi connectivity index (χ0n) is 14.2. The Labute approximate surface area is 170 Å². The van der Waals surface area contributed by atoms with Crippen LogP contribution in [0.2, 0.25) is 5.02 Å². The minimum absolute atomic E-state index is 0.183. The molecule has 0 saturated heterocycles. The van der Waals surface area contributed by atoms with E-state index in [0.29, 0.717) is 9.90 Å². The average molecular weight is 411 g/mol. The van der Waals surface area contributed by atoms with Gasteiger partial charge in [0.25, 0.3) is 5.91 Å². The summed E-state index contributed by atoms with van der Waals surface area (Å²) in [4.78, 5) is 18.4. The Morgan fingerprint density at radius 1 is 1.07 bits per heavy atom. The summed E-state index contributed by atoms with van der Waals surface area (Å²) < 4.78 is 1.01. The first kappa shape index (κ1) is 18.0. The molecule has 1 N–H and O–H groups in total. The predicted molar refractivity (Wildman–Crippen MR) is 115 cm³/mol. The Balaban J connectivity index is 1.43. The lowest BCUT2D eigenvalue weighted by Crippen LogP contribution is -2.10. The number of carbonyl (C=O) groups excluding carboxylic acids is 1. The Bertz CT molecular complexity index is 1080. The first-order valence-corrected chi connectivity index (χ1v) is 10.5. The van der Waals surface area contributed by atoms with Gasteiger partial charge >= 0.3 is 0 Å².